The SMILES string of the molecule is CC(C)C[C@H](CN)CC(=O)NCCCOC1CCCCC1. The van der Waals surface area contributed by atoms with Crippen LogP contribution in [0.25, 0.3) is 0 Å². The maximum atomic E-state index is 11.9. The van der Waals surface area contributed by atoms with Gasteiger partial charge in [0.15, 0.2) is 0 Å². The molecule has 0 bridgehead atoms. The van der Waals surface area contributed by atoms with Gasteiger partial charge in [-0.3, -0.25) is 4.79 Å². The van der Waals surface area contributed by atoms with E-state index in [0.717, 1.165) is 19.4 Å². The lowest BCUT2D eigenvalue weighted by atomic mass is 9.94. The molecule has 21 heavy (non-hydrogen) atoms. The monoisotopic (exact) mass is 298 g/mol. The second-order valence-electron chi connectivity index (χ2n) is 6.77. The van der Waals surface area contributed by atoms with E-state index in [0.29, 0.717) is 37.5 Å². The summed E-state index contributed by atoms with van der Waals surface area (Å²) in [6.07, 6.45) is 9.32. The van der Waals surface area contributed by atoms with Gasteiger partial charge in [-0.15, -0.1) is 0 Å². The van der Waals surface area contributed by atoms with Crippen molar-refractivity contribution < 1.29 is 9.53 Å². The number of carbonyl (C=O) groups is 1. The van der Waals surface area contributed by atoms with E-state index in [9.17, 15) is 4.79 Å². The Hall–Kier alpha value is -0.610. The first-order valence-corrected chi connectivity index (χ1v) is 8.70. The van der Waals surface area contributed by atoms with E-state index in [-0.39, 0.29) is 5.91 Å². The number of nitrogens with one attached hydrogen (secondary N) is 1. The third-order valence-corrected chi connectivity index (χ3v) is 4.16. The van der Waals surface area contributed by atoms with Gasteiger partial charge < -0.3 is 15.8 Å². The zero-order valence-corrected chi connectivity index (χ0v) is 13.9. The van der Waals surface area contributed by atoms with Crippen molar-refractivity contribution in [3.63, 3.8) is 0 Å². The summed E-state index contributed by atoms with van der Waals surface area (Å²) in [6, 6.07) is 0. The van der Waals surface area contributed by atoms with Crippen LogP contribution in [0.2, 0.25) is 0 Å². The van der Waals surface area contributed by atoms with Crippen LogP contribution < -0.4 is 11.1 Å². The summed E-state index contributed by atoms with van der Waals surface area (Å²) in [5.74, 6) is 1.03. The molecular weight excluding hydrogens is 264 g/mol. The van der Waals surface area contributed by atoms with Crippen molar-refractivity contribution in [2.45, 2.75) is 71.3 Å². The molecular formula is C17H34N2O2. The Morgan fingerprint density at radius 3 is 2.62 bits per heavy atom. The van der Waals surface area contributed by atoms with Gasteiger partial charge >= 0.3 is 0 Å². The molecule has 4 heteroatoms. The van der Waals surface area contributed by atoms with Gasteiger partial charge in [-0.05, 0) is 44.1 Å². The predicted molar refractivity (Wildman–Crippen MR) is 87.1 cm³/mol. The molecule has 1 saturated carbocycles. The minimum atomic E-state index is 0.128. The summed E-state index contributed by atoms with van der Waals surface area (Å²) in [6.45, 7) is 6.41. The third-order valence-electron chi connectivity index (χ3n) is 4.16. The van der Waals surface area contributed by atoms with Crippen LogP contribution in [0.1, 0.15) is 65.2 Å². The molecule has 1 aliphatic rings. The summed E-state index contributed by atoms with van der Waals surface area (Å²) in [4.78, 5) is 11.9. The molecule has 1 atom stereocenters. The van der Waals surface area contributed by atoms with Gasteiger partial charge in [0.25, 0.3) is 0 Å². The Balaban J connectivity index is 2.01. The minimum absolute atomic E-state index is 0.128. The van der Waals surface area contributed by atoms with Crippen molar-refractivity contribution in [1.82, 2.24) is 5.32 Å². The number of hydrogen-bond donors (Lipinski definition) is 2. The zero-order chi connectivity index (χ0) is 15.5. The van der Waals surface area contributed by atoms with Gasteiger partial charge in [0.1, 0.15) is 0 Å². The largest absolute Gasteiger partial charge is 0.378 e. The van der Waals surface area contributed by atoms with Crippen molar-refractivity contribution in [3.8, 4) is 0 Å². The Morgan fingerprint density at radius 1 is 1.29 bits per heavy atom. The molecule has 0 spiro atoms. The number of rotatable bonds is 10. The minimum Gasteiger partial charge on any atom is -0.378 e. The lowest BCUT2D eigenvalue weighted by Gasteiger charge is -2.22. The fraction of sp³-hybridized carbons (Fsp3) is 0.941. The normalized spacial score (nSPS) is 17.9. The third kappa shape index (κ3) is 9.10. The van der Waals surface area contributed by atoms with Crippen LogP contribution in [0, 0.1) is 11.8 Å². The van der Waals surface area contributed by atoms with Crippen molar-refractivity contribution in [2.24, 2.45) is 17.6 Å². The quantitative estimate of drug-likeness (QED) is 0.610. The fourth-order valence-electron chi connectivity index (χ4n) is 3.05. The lowest BCUT2D eigenvalue weighted by Crippen LogP contribution is -2.30. The van der Waals surface area contributed by atoms with Crippen molar-refractivity contribution in [3.05, 3.63) is 0 Å². The van der Waals surface area contributed by atoms with Crippen LogP contribution in [0.5, 0.6) is 0 Å². The Kier molecular flexibility index (Phi) is 9.68. The molecule has 0 radical (unpaired) electrons. The van der Waals surface area contributed by atoms with Gasteiger partial charge in [-0.1, -0.05) is 33.1 Å². The average molecular weight is 298 g/mol. The molecule has 124 valence electrons. The molecule has 0 aromatic rings. The van der Waals surface area contributed by atoms with Crippen LogP contribution in [0.4, 0.5) is 0 Å². The Morgan fingerprint density at radius 2 is 2.00 bits per heavy atom. The number of amides is 1. The van der Waals surface area contributed by atoms with Crippen molar-refractivity contribution in [1.29, 1.82) is 0 Å². The summed E-state index contributed by atoms with van der Waals surface area (Å²) < 4.78 is 5.85. The van der Waals surface area contributed by atoms with E-state index in [4.69, 9.17) is 10.5 Å². The van der Waals surface area contributed by atoms with Gasteiger partial charge in [0.05, 0.1) is 6.10 Å². The highest BCUT2D eigenvalue weighted by molar-refractivity contribution is 5.76. The van der Waals surface area contributed by atoms with E-state index in [2.05, 4.69) is 19.2 Å². The van der Waals surface area contributed by atoms with Crippen LogP contribution in [0.3, 0.4) is 0 Å². The highest BCUT2D eigenvalue weighted by atomic mass is 16.5. The lowest BCUT2D eigenvalue weighted by molar-refractivity contribution is -0.122. The average Bonchev–Trinajstić information content (AvgIpc) is 2.46. The molecule has 0 aliphatic heterocycles. The first-order valence-electron chi connectivity index (χ1n) is 8.70. The van der Waals surface area contributed by atoms with Crippen LogP contribution in [0.15, 0.2) is 0 Å². The molecule has 0 aromatic carbocycles. The summed E-state index contributed by atoms with van der Waals surface area (Å²) in [5, 5.41) is 2.98. The highest BCUT2D eigenvalue weighted by Gasteiger charge is 2.14. The zero-order valence-electron chi connectivity index (χ0n) is 13.9. The maximum Gasteiger partial charge on any atom is 0.220 e. The molecule has 0 unspecified atom stereocenters. The smallest absolute Gasteiger partial charge is 0.220 e. The van der Waals surface area contributed by atoms with Gasteiger partial charge in [0.2, 0.25) is 5.91 Å². The predicted octanol–water partition coefficient (Wildman–Crippen LogP) is 2.85. The van der Waals surface area contributed by atoms with Crippen LogP contribution in [-0.2, 0) is 9.53 Å². The number of carbonyl (C=O) groups excluding carboxylic acids is 1. The topological polar surface area (TPSA) is 64.4 Å². The maximum absolute atomic E-state index is 11.9. The van der Waals surface area contributed by atoms with Gasteiger partial charge in [-0.25, -0.2) is 0 Å². The molecule has 1 rings (SSSR count). The highest BCUT2D eigenvalue weighted by Crippen LogP contribution is 2.20. The Labute approximate surface area is 130 Å². The number of ether oxygens (including phenoxy) is 1. The summed E-state index contributed by atoms with van der Waals surface area (Å²) in [5.41, 5.74) is 5.73. The first kappa shape index (κ1) is 18.4. The molecule has 0 saturated heterocycles. The Bertz CT molecular complexity index is 276. The van der Waals surface area contributed by atoms with Crippen molar-refractivity contribution in [2.75, 3.05) is 19.7 Å². The van der Waals surface area contributed by atoms with Crippen LogP contribution in [-0.4, -0.2) is 31.7 Å². The second kappa shape index (κ2) is 11.0. The molecule has 0 aromatic heterocycles. The van der Waals surface area contributed by atoms with Crippen LogP contribution >= 0.6 is 0 Å². The molecule has 1 fully saturated rings. The molecule has 0 heterocycles. The van der Waals surface area contributed by atoms with E-state index < -0.39 is 0 Å². The molecule has 3 N–H and O–H groups in total. The fourth-order valence-corrected chi connectivity index (χ4v) is 3.05. The van der Waals surface area contributed by atoms with E-state index >= 15 is 0 Å². The molecule has 1 amide bonds. The number of nitrogens with two attached hydrogens (primary N) is 1. The van der Waals surface area contributed by atoms with E-state index in [1.54, 1.807) is 0 Å². The van der Waals surface area contributed by atoms with Gasteiger partial charge in [-0.2, -0.15) is 0 Å². The molecule has 1 aliphatic carbocycles. The molecule has 4 nitrogen and oxygen atoms in total. The van der Waals surface area contributed by atoms with Crippen molar-refractivity contribution >= 4 is 5.91 Å². The summed E-state index contributed by atoms with van der Waals surface area (Å²) >= 11 is 0. The number of hydrogen-bond acceptors (Lipinski definition) is 3. The standard InChI is InChI=1S/C17H34N2O2/c1-14(2)11-15(13-18)12-17(20)19-9-6-10-21-16-7-4-3-5-8-16/h14-16H,3-13,18H2,1-2H3,(H,19,20)/t15-/m0/s1. The van der Waals surface area contributed by atoms with Gasteiger partial charge in [0, 0.05) is 19.6 Å². The summed E-state index contributed by atoms with van der Waals surface area (Å²) in [7, 11) is 0. The second-order valence-corrected chi connectivity index (χ2v) is 6.77. The first-order chi connectivity index (χ1) is 10.1. The van der Waals surface area contributed by atoms with E-state index in [1.165, 1.54) is 32.1 Å². The van der Waals surface area contributed by atoms with E-state index in [1.807, 2.05) is 0 Å².